The van der Waals surface area contributed by atoms with Crippen molar-refractivity contribution in [2.75, 3.05) is 13.2 Å². The van der Waals surface area contributed by atoms with E-state index < -0.39 is 56.8 Å². The number of esters is 1. The van der Waals surface area contributed by atoms with Crippen LogP contribution in [0.4, 0.5) is 0 Å². The van der Waals surface area contributed by atoms with Gasteiger partial charge in [0, 0.05) is 11.5 Å². The Labute approximate surface area is 243 Å². The number of aliphatic hydroxyl groups is 2. The average Bonchev–Trinajstić information content (AvgIpc) is 3.23. The topological polar surface area (TPSA) is 171 Å². The third-order valence-corrected chi connectivity index (χ3v) is 8.10. The molecule has 42 heavy (non-hydrogen) atoms. The van der Waals surface area contributed by atoms with E-state index in [4.69, 9.17) is 24.3 Å². The Morgan fingerprint density at radius 1 is 1.10 bits per heavy atom. The maximum absolute atomic E-state index is 14.1. The summed E-state index contributed by atoms with van der Waals surface area (Å²) in [5.74, 6) is -1.09. The first-order chi connectivity index (χ1) is 19.8. The van der Waals surface area contributed by atoms with Gasteiger partial charge in [-0.1, -0.05) is 57.2 Å². The lowest BCUT2D eigenvalue weighted by Crippen LogP contribution is -2.46. The smallest absolute Gasteiger partial charge is 0.459 e. The van der Waals surface area contributed by atoms with Gasteiger partial charge in [-0.2, -0.15) is 9.65 Å². The van der Waals surface area contributed by atoms with E-state index in [1.165, 1.54) is 30.0 Å². The van der Waals surface area contributed by atoms with Crippen molar-refractivity contribution in [3.63, 3.8) is 0 Å². The zero-order valence-corrected chi connectivity index (χ0v) is 24.8. The van der Waals surface area contributed by atoms with Crippen LogP contribution in [0.2, 0.25) is 0 Å². The summed E-state index contributed by atoms with van der Waals surface area (Å²) in [4.78, 5) is 24.3. The summed E-state index contributed by atoms with van der Waals surface area (Å²) >= 11 is 0. The van der Waals surface area contributed by atoms with Crippen LogP contribution in [0.15, 0.2) is 67.0 Å². The molecule has 2 aromatic carbocycles. The monoisotopic (exact) mass is 602 g/mol. The number of nitrogens with one attached hydrogen (secondary N) is 1. The number of hydrogen-bond acceptors (Lipinski definition) is 9. The third kappa shape index (κ3) is 7.71. The molecule has 1 fully saturated rings. The molecule has 226 valence electrons. The number of nitrogens with two attached hydrogens (primary N) is 1. The van der Waals surface area contributed by atoms with Crippen molar-refractivity contribution in [2.24, 2.45) is 11.1 Å². The number of rotatable bonds is 11. The number of aliphatic hydroxyl groups excluding tert-OH is 2. The molecule has 0 radical (unpaired) electrons. The maximum Gasteiger partial charge on any atom is 0.459 e. The van der Waals surface area contributed by atoms with Gasteiger partial charge in [-0.25, -0.2) is 4.57 Å². The number of benzene rings is 2. The van der Waals surface area contributed by atoms with Crippen LogP contribution in [0.3, 0.4) is 0 Å². The zero-order chi connectivity index (χ0) is 30.7. The number of pyridine rings is 1. The molecule has 0 aliphatic carbocycles. The molecule has 0 bridgehead atoms. The second kappa shape index (κ2) is 12.9. The number of fused-ring (bicyclic) bond motifs is 1. The zero-order valence-electron chi connectivity index (χ0n) is 23.9. The molecule has 1 aliphatic rings. The van der Waals surface area contributed by atoms with Gasteiger partial charge in [0.1, 0.15) is 29.6 Å². The summed E-state index contributed by atoms with van der Waals surface area (Å²) in [7, 11) is -4.32. The molecule has 12 nitrogen and oxygen atoms in total. The summed E-state index contributed by atoms with van der Waals surface area (Å²) in [5.41, 5.74) is 5.25. The first kappa shape index (κ1) is 31.6. The molecule has 3 unspecified atom stereocenters. The lowest BCUT2D eigenvalue weighted by molar-refractivity contribution is -0.765. The molecule has 1 aromatic heterocycles. The van der Waals surface area contributed by atoms with E-state index in [9.17, 15) is 24.4 Å². The number of ether oxygens (including phenoxy) is 2. The van der Waals surface area contributed by atoms with E-state index in [1.807, 2.05) is 39.0 Å². The van der Waals surface area contributed by atoms with E-state index in [0.717, 1.165) is 5.39 Å². The highest BCUT2D eigenvalue weighted by Crippen LogP contribution is 2.47. The molecule has 0 saturated carbocycles. The SMILES string of the molecule is C[C@H](NP(=O)(OC[C@H]1O[C@@H]([n+]2cccc(C(N)=O)c2)C(O)C1O)Oc1cccc2ccccc12)C(=O)OCC(C)(C)C. The molecular formula is C29H37N3O9P+. The Hall–Kier alpha value is -3.38. The Morgan fingerprint density at radius 3 is 2.52 bits per heavy atom. The van der Waals surface area contributed by atoms with Gasteiger partial charge in [0.25, 0.3) is 12.1 Å². The Balaban J connectivity index is 1.54. The van der Waals surface area contributed by atoms with Crippen molar-refractivity contribution >= 4 is 30.4 Å². The van der Waals surface area contributed by atoms with Crippen LogP contribution >= 0.6 is 7.75 Å². The van der Waals surface area contributed by atoms with Gasteiger partial charge in [0.2, 0.25) is 0 Å². The van der Waals surface area contributed by atoms with Crippen LogP contribution in [-0.2, 0) is 23.4 Å². The summed E-state index contributed by atoms with van der Waals surface area (Å²) in [5, 5.41) is 25.5. The van der Waals surface area contributed by atoms with Crippen LogP contribution in [0.5, 0.6) is 5.75 Å². The molecular weight excluding hydrogens is 565 g/mol. The van der Waals surface area contributed by atoms with Crippen molar-refractivity contribution in [2.45, 2.75) is 58.3 Å². The number of carbonyl (C=O) groups excluding carboxylic acids is 2. The fourth-order valence-corrected chi connectivity index (χ4v) is 5.80. The predicted octanol–water partition coefficient (Wildman–Crippen LogP) is 2.62. The largest absolute Gasteiger partial charge is 0.464 e. The lowest BCUT2D eigenvalue weighted by Gasteiger charge is -2.25. The van der Waals surface area contributed by atoms with Gasteiger partial charge in [-0.15, -0.1) is 0 Å². The van der Waals surface area contributed by atoms with Crippen molar-refractivity contribution in [1.82, 2.24) is 5.09 Å². The van der Waals surface area contributed by atoms with Gasteiger partial charge in [0.15, 0.2) is 18.5 Å². The molecule has 5 N–H and O–H groups in total. The third-order valence-electron chi connectivity index (χ3n) is 6.47. The Kier molecular flexibility index (Phi) is 9.67. The quantitative estimate of drug-likeness (QED) is 0.145. The van der Waals surface area contributed by atoms with Gasteiger partial charge in [-0.3, -0.25) is 14.1 Å². The summed E-state index contributed by atoms with van der Waals surface area (Å²) < 4.78 is 38.4. The molecule has 6 atom stereocenters. The number of nitrogens with zero attached hydrogens (tertiary/aromatic N) is 1. The van der Waals surface area contributed by atoms with E-state index in [-0.39, 0.29) is 23.3 Å². The molecule has 1 amide bonds. The molecule has 4 rings (SSSR count). The first-order valence-corrected chi connectivity index (χ1v) is 15.0. The van der Waals surface area contributed by atoms with Crippen LogP contribution in [0.1, 0.15) is 44.3 Å². The second-order valence-electron chi connectivity index (χ2n) is 11.3. The van der Waals surface area contributed by atoms with Gasteiger partial charge in [-0.05, 0) is 29.9 Å². The molecule has 0 spiro atoms. The summed E-state index contributed by atoms with van der Waals surface area (Å²) in [6.07, 6.45) is -2.18. The van der Waals surface area contributed by atoms with Gasteiger partial charge in [0.05, 0.1) is 13.2 Å². The summed E-state index contributed by atoms with van der Waals surface area (Å²) in [6.45, 7) is 6.86. The molecule has 13 heteroatoms. The highest BCUT2D eigenvalue weighted by molar-refractivity contribution is 7.52. The van der Waals surface area contributed by atoms with Crippen LogP contribution in [0, 0.1) is 5.41 Å². The second-order valence-corrected chi connectivity index (χ2v) is 13.0. The van der Waals surface area contributed by atoms with Crippen molar-refractivity contribution in [3.05, 3.63) is 72.6 Å². The van der Waals surface area contributed by atoms with Gasteiger partial charge >= 0.3 is 13.7 Å². The van der Waals surface area contributed by atoms with Crippen molar-refractivity contribution in [1.29, 1.82) is 0 Å². The molecule has 3 aromatic rings. The minimum absolute atomic E-state index is 0.142. The number of carbonyl (C=O) groups is 2. The minimum Gasteiger partial charge on any atom is -0.464 e. The van der Waals surface area contributed by atoms with Gasteiger partial charge < -0.3 is 29.9 Å². The first-order valence-electron chi connectivity index (χ1n) is 13.4. The van der Waals surface area contributed by atoms with Crippen LogP contribution in [-0.4, -0.2) is 59.7 Å². The Bertz CT molecular complexity index is 1470. The normalized spacial score (nSPS) is 22.8. The lowest BCUT2D eigenvalue weighted by atomic mass is 9.99. The average molecular weight is 603 g/mol. The van der Waals surface area contributed by atoms with Crippen molar-refractivity contribution in [3.8, 4) is 5.75 Å². The predicted molar refractivity (Wildman–Crippen MR) is 152 cm³/mol. The maximum atomic E-state index is 14.1. The number of hydrogen-bond donors (Lipinski definition) is 4. The van der Waals surface area contributed by atoms with E-state index in [1.54, 1.807) is 30.3 Å². The molecule has 1 aliphatic heterocycles. The molecule has 2 heterocycles. The minimum atomic E-state index is -4.32. The fourth-order valence-electron chi connectivity index (χ4n) is 4.28. The number of aromatic nitrogens is 1. The standard InChI is InChI=1S/C29H36N3O9P/c1-18(28(36)38-17-29(2,3)4)31-42(37,41-22-13-7-10-19-9-5-6-12-21(19)22)39-16-23-24(33)25(34)27(40-23)32-14-8-11-20(15-32)26(30)35/h5-15,18,23-25,27,33-34H,16-17H2,1-4H3,(H2-,30,31,35,37)/p+1/t18-,23+,24?,25?,27+,42?/m0/s1. The Morgan fingerprint density at radius 2 is 1.81 bits per heavy atom. The van der Waals surface area contributed by atoms with E-state index >= 15 is 0 Å². The number of primary amides is 1. The van der Waals surface area contributed by atoms with E-state index in [0.29, 0.717) is 5.39 Å². The summed E-state index contributed by atoms with van der Waals surface area (Å²) in [6, 6.07) is 14.5. The molecule has 1 saturated heterocycles. The van der Waals surface area contributed by atoms with Crippen molar-refractivity contribution < 1.29 is 47.5 Å². The highest BCUT2D eigenvalue weighted by atomic mass is 31.2. The highest BCUT2D eigenvalue weighted by Gasteiger charge is 2.49. The number of amides is 1. The van der Waals surface area contributed by atoms with Crippen LogP contribution in [0.25, 0.3) is 10.8 Å². The van der Waals surface area contributed by atoms with Crippen LogP contribution < -0.4 is 19.9 Å². The van der Waals surface area contributed by atoms with E-state index in [2.05, 4.69) is 5.09 Å². The fraction of sp³-hybridized carbons (Fsp3) is 0.414.